The second kappa shape index (κ2) is 7.41. The highest BCUT2D eigenvalue weighted by molar-refractivity contribution is 5.94. The number of rotatable bonds is 5. The van der Waals surface area contributed by atoms with Crippen molar-refractivity contribution in [3.8, 4) is 0 Å². The molecule has 0 radical (unpaired) electrons. The topological polar surface area (TPSA) is 48.5 Å². The van der Waals surface area contributed by atoms with E-state index in [1.807, 2.05) is 17.9 Å². The Balaban J connectivity index is 1.97. The zero-order valence-corrected chi connectivity index (χ0v) is 13.3. The van der Waals surface area contributed by atoms with Crippen molar-refractivity contribution in [1.82, 2.24) is 14.8 Å². The average molecular weight is 290 g/mol. The summed E-state index contributed by atoms with van der Waals surface area (Å²) in [6.07, 6.45) is 2.85. The maximum atomic E-state index is 12.6. The molecule has 5 nitrogen and oxygen atoms in total. The predicted octanol–water partition coefficient (Wildman–Crippen LogP) is 2.07. The van der Waals surface area contributed by atoms with Gasteiger partial charge in [0.15, 0.2) is 0 Å². The normalized spacial score (nSPS) is 17.6. The summed E-state index contributed by atoms with van der Waals surface area (Å²) in [4.78, 5) is 21.2. The molecule has 2 heterocycles. The van der Waals surface area contributed by atoms with E-state index in [0.717, 1.165) is 50.5 Å². The van der Waals surface area contributed by atoms with Crippen LogP contribution in [0.4, 0.5) is 5.82 Å². The Morgan fingerprint density at radius 1 is 1.33 bits per heavy atom. The third kappa shape index (κ3) is 3.94. The van der Waals surface area contributed by atoms with Crippen LogP contribution in [0.1, 0.15) is 37.6 Å². The van der Waals surface area contributed by atoms with Crippen LogP contribution in [0.15, 0.2) is 18.3 Å². The molecule has 1 aromatic rings. The van der Waals surface area contributed by atoms with Crippen molar-refractivity contribution in [3.63, 3.8) is 0 Å². The van der Waals surface area contributed by atoms with Gasteiger partial charge < -0.3 is 10.2 Å². The zero-order valence-electron chi connectivity index (χ0n) is 13.3. The number of pyridine rings is 1. The summed E-state index contributed by atoms with van der Waals surface area (Å²) in [5, 5.41) is 3.15. The molecule has 1 N–H and O–H groups in total. The summed E-state index contributed by atoms with van der Waals surface area (Å²) in [6.45, 7) is 10.8. The van der Waals surface area contributed by atoms with Crippen LogP contribution in [0, 0.1) is 0 Å². The first kappa shape index (κ1) is 15.8. The van der Waals surface area contributed by atoms with Crippen molar-refractivity contribution < 1.29 is 4.79 Å². The smallest absolute Gasteiger partial charge is 0.254 e. The van der Waals surface area contributed by atoms with E-state index in [-0.39, 0.29) is 5.91 Å². The Labute approximate surface area is 127 Å². The fraction of sp³-hybridized carbons (Fsp3) is 0.625. The molecule has 0 aromatic carbocycles. The quantitative estimate of drug-likeness (QED) is 0.902. The molecule has 2 rings (SSSR count). The molecule has 1 atom stereocenters. The number of piperazine rings is 1. The first-order chi connectivity index (χ1) is 10.2. The van der Waals surface area contributed by atoms with Gasteiger partial charge in [0.2, 0.25) is 0 Å². The number of anilines is 1. The van der Waals surface area contributed by atoms with Gasteiger partial charge in [-0.3, -0.25) is 9.69 Å². The molecule has 5 heteroatoms. The van der Waals surface area contributed by atoms with Crippen molar-refractivity contribution in [1.29, 1.82) is 0 Å². The number of aromatic nitrogens is 1. The van der Waals surface area contributed by atoms with Gasteiger partial charge in [0.05, 0.1) is 0 Å². The Hall–Kier alpha value is -1.62. The minimum atomic E-state index is 0.111. The summed E-state index contributed by atoms with van der Waals surface area (Å²) < 4.78 is 0. The van der Waals surface area contributed by atoms with Crippen LogP contribution in [-0.4, -0.2) is 59.5 Å². The number of carbonyl (C=O) groups is 1. The number of amides is 1. The van der Waals surface area contributed by atoms with Crippen LogP contribution >= 0.6 is 0 Å². The van der Waals surface area contributed by atoms with Crippen LogP contribution in [0.5, 0.6) is 0 Å². The molecule has 1 fully saturated rings. The van der Waals surface area contributed by atoms with Crippen molar-refractivity contribution in [3.05, 3.63) is 23.9 Å². The van der Waals surface area contributed by atoms with Gasteiger partial charge in [-0.05, 0) is 32.4 Å². The summed E-state index contributed by atoms with van der Waals surface area (Å²) >= 11 is 0. The Morgan fingerprint density at radius 3 is 2.67 bits per heavy atom. The highest BCUT2D eigenvalue weighted by atomic mass is 16.2. The molecule has 1 aliphatic rings. The summed E-state index contributed by atoms with van der Waals surface area (Å²) in [5.74, 6) is 0.877. The van der Waals surface area contributed by atoms with E-state index in [2.05, 4.69) is 29.0 Å². The number of hydrogen-bond acceptors (Lipinski definition) is 4. The molecule has 1 aliphatic heterocycles. The lowest BCUT2D eigenvalue weighted by atomic mass is 10.1. The Kier molecular flexibility index (Phi) is 5.56. The van der Waals surface area contributed by atoms with Crippen molar-refractivity contribution in [2.75, 3.05) is 38.0 Å². The van der Waals surface area contributed by atoms with E-state index >= 15 is 0 Å². The number of hydrogen-bond donors (Lipinski definition) is 1. The van der Waals surface area contributed by atoms with Crippen LogP contribution in [0.25, 0.3) is 0 Å². The van der Waals surface area contributed by atoms with Gasteiger partial charge in [0, 0.05) is 50.5 Å². The SMILES string of the molecule is CCNc1cc(C(=O)N2CCN(C(C)CC)CC2)ccn1. The van der Waals surface area contributed by atoms with Gasteiger partial charge >= 0.3 is 0 Å². The van der Waals surface area contributed by atoms with Crippen LogP contribution in [-0.2, 0) is 0 Å². The highest BCUT2D eigenvalue weighted by Gasteiger charge is 2.24. The van der Waals surface area contributed by atoms with Gasteiger partial charge in [-0.15, -0.1) is 0 Å². The van der Waals surface area contributed by atoms with Gasteiger partial charge in [0.1, 0.15) is 5.82 Å². The van der Waals surface area contributed by atoms with Crippen LogP contribution in [0.2, 0.25) is 0 Å². The van der Waals surface area contributed by atoms with E-state index < -0.39 is 0 Å². The molecule has 0 bridgehead atoms. The Bertz CT molecular complexity index is 469. The predicted molar refractivity (Wildman–Crippen MR) is 85.6 cm³/mol. The van der Waals surface area contributed by atoms with Crippen molar-refractivity contribution >= 4 is 11.7 Å². The van der Waals surface area contributed by atoms with Gasteiger partial charge in [-0.1, -0.05) is 6.92 Å². The third-order valence-electron chi connectivity index (χ3n) is 4.18. The van der Waals surface area contributed by atoms with Gasteiger partial charge in [0.25, 0.3) is 5.91 Å². The third-order valence-corrected chi connectivity index (χ3v) is 4.18. The number of nitrogens with one attached hydrogen (secondary N) is 1. The second-order valence-electron chi connectivity index (χ2n) is 5.55. The molecule has 1 unspecified atom stereocenters. The molecule has 1 aromatic heterocycles. The molecule has 0 aliphatic carbocycles. The number of nitrogens with zero attached hydrogens (tertiary/aromatic N) is 3. The van der Waals surface area contributed by atoms with Crippen LogP contribution < -0.4 is 5.32 Å². The van der Waals surface area contributed by atoms with E-state index in [4.69, 9.17) is 0 Å². The van der Waals surface area contributed by atoms with E-state index in [1.165, 1.54) is 0 Å². The molecule has 0 saturated carbocycles. The lowest BCUT2D eigenvalue weighted by Gasteiger charge is -2.37. The first-order valence-electron chi connectivity index (χ1n) is 7.89. The van der Waals surface area contributed by atoms with Crippen molar-refractivity contribution in [2.45, 2.75) is 33.2 Å². The maximum Gasteiger partial charge on any atom is 0.254 e. The monoisotopic (exact) mass is 290 g/mol. The molecule has 1 amide bonds. The molecule has 0 spiro atoms. The molecule has 1 saturated heterocycles. The average Bonchev–Trinajstić information content (AvgIpc) is 2.54. The van der Waals surface area contributed by atoms with Crippen LogP contribution in [0.3, 0.4) is 0 Å². The maximum absolute atomic E-state index is 12.6. The molecule has 116 valence electrons. The second-order valence-corrected chi connectivity index (χ2v) is 5.55. The number of carbonyl (C=O) groups excluding carboxylic acids is 1. The summed E-state index contributed by atoms with van der Waals surface area (Å²) in [7, 11) is 0. The Morgan fingerprint density at radius 2 is 2.05 bits per heavy atom. The van der Waals surface area contributed by atoms with Crippen molar-refractivity contribution in [2.24, 2.45) is 0 Å². The highest BCUT2D eigenvalue weighted by Crippen LogP contribution is 2.13. The molecular weight excluding hydrogens is 264 g/mol. The minimum Gasteiger partial charge on any atom is -0.370 e. The molecule has 21 heavy (non-hydrogen) atoms. The first-order valence-corrected chi connectivity index (χ1v) is 7.89. The van der Waals surface area contributed by atoms with Gasteiger partial charge in [-0.25, -0.2) is 4.98 Å². The van der Waals surface area contributed by atoms with Gasteiger partial charge in [-0.2, -0.15) is 0 Å². The minimum absolute atomic E-state index is 0.111. The summed E-state index contributed by atoms with van der Waals surface area (Å²) in [5.41, 5.74) is 0.720. The zero-order chi connectivity index (χ0) is 15.2. The largest absolute Gasteiger partial charge is 0.370 e. The fourth-order valence-electron chi connectivity index (χ4n) is 2.65. The summed E-state index contributed by atoms with van der Waals surface area (Å²) in [6, 6.07) is 4.24. The lowest BCUT2D eigenvalue weighted by molar-refractivity contribution is 0.0579. The van der Waals surface area contributed by atoms with E-state index in [9.17, 15) is 4.79 Å². The lowest BCUT2D eigenvalue weighted by Crippen LogP contribution is -2.51. The molecular formula is C16H26N4O. The van der Waals surface area contributed by atoms with E-state index in [0.29, 0.717) is 6.04 Å². The van der Waals surface area contributed by atoms with E-state index in [1.54, 1.807) is 12.3 Å². The fourth-order valence-corrected chi connectivity index (χ4v) is 2.65. The standard InChI is InChI=1S/C16H26N4O/c1-4-13(3)19-8-10-20(11-9-19)16(21)14-6-7-18-15(12-14)17-5-2/h6-7,12-13H,4-5,8-11H2,1-3H3,(H,17,18).